The van der Waals surface area contributed by atoms with Gasteiger partial charge in [0, 0.05) is 20.0 Å². The van der Waals surface area contributed by atoms with Gasteiger partial charge in [-0.3, -0.25) is 9.59 Å². The third-order valence-corrected chi connectivity index (χ3v) is 3.36. The quantitative estimate of drug-likeness (QED) is 0.835. The van der Waals surface area contributed by atoms with Crippen molar-refractivity contribution < 1.29 is 14.3 Å². The molecule has 0 bridgehead atoms. The number of nitrogens with zero attached hydrogens (tertiary/aromatic N) is 1. The third kappa shape index (κ3) is 4.77. The number of methoxy groups -OCH3 is 1. The number of carbonyl (C=O) groups excluding carboxylic acids is 2. The molecule has 5 nitrogen and oxygen atoms in total. The predicted octanol–water partition coefficient (Wildman–Crippen LogP) is 1.96. The fourth-order valence-corrected chi connectivity index (χ4v) is 2.12. The maximum atomic E-state index is 12.3. The van der Waals surface area contributed by atoms with Gasteiger partial charge in [0.05, 0.1) is 7.11 Å². The molecule has 0 radical (unpaired) electrons. The van der Waals surface area contributed by atoms with Gasteiger partial charge in [0.25, 0.3) is 0 Å². The lowest BCUT2D eigenvalue weighted by Gasteiger charge is -2.28. The van der Waals surface area contributed by atoms with Crippen LogP contribution in [0, 0.1) is 0 Å². The minimum atomic E-state index is -0.500. The van der Waals surface area contributed by atoms with Crippen LogP contribution in [-0.4, -0.2) is 36.9 Å². The van der Waals surface area contributed by atoms with E-state index in [1.54, 1.807) is 26.0 Å². The highest BCUT2D eigenvalue weighted by molar-refractivity contribution is 5.87. The summed E-state index contributed by atoms with van der Waals surface area (Å²) < 4.78 is 5.19. The minimum Gasteiger partial charge on any atom is -0.497 e. The number of hydrogen-bond donors (Lipinski definition) is 1. The first-order valence-corrected chi connectivity index (χ1v) is 7.17. The van der Waals surface area contributed by atoms with Crippen LogP contribution < -0.4 is 10.1 Å². The van der Waals surface area contributed by atoms with E-state index in [0.717, 1.165) is 17.7 Å². The van der Waals surface area contributed by atoms with Crippen molar-refractivity contribution in [2.45, 2.75) is 39.3 Å². The Morgan fingerprint density at radius 1 is 1.38 bits per heavy atom. The summed E-state index contributed by atoms with van der Waals surface area (Å²) in [5, 5.41) is 2.59. The fourth-order valence-electron chi connectivity index (χ4n) is 2.12. The van der Waals surface area contributed by atoms with Crippen LogP contribution in [0.15, 0.2) is 24.3 Å². The number of likely N-dealkylation sites (N-methyl/N-ethyl adjacent to an activating group) is 1. The SMILES string of the molecule is CCCC(=O)N(Cc1cccc(OC)c1)[C@H](C)C(=O)NC. The van der Waals surface area contributed by atoms with Crippen molar-refractivity contribution in [3.63, 3.8) is 0 Å². The highest BCUT2D eigenvalue weighted by Crippen LogP contribution is 2.16. The van der Waals surface area contributed by atoms with Gasteiger partial charge in [-0.1, -0.05) is 19.1 Å². The van der Waals surface area contributed by atoms with Gasteiger partial charge in [-0.15, -0.1) is 0 Å². The van der Waals surface area contributed by atoms with Crippen molar-refractivity contribution in [3.05, 3.63) is 29.8 Å². The van der Waals surface area contributed by atoms with Crippen LogP contribution >= 0.6 is 0 Å². The van der Waals surface area contributed by atoms with Gasteiger partial charge in [-0.05, 0) is 31.0 Å². The lowest BCUT2D eigenvalue weighted by molar-refractivity contribution is -0.140. The smallest absolute Gasteiger partial charge is 0.242 e. The van der Waals surface area contributed by atoms with Crippen LogP contribution in [0.4, 0.5) is 0 Å². The first-order chi connectivity index (χ1) is 10.0. The average Bonchev–Trinajstić information content (AvgIpc) is 2.51. The Bertz CT molecular complexity index is 488. The number of carbonyl (C=O) groups is 2. The van der Waals surface area contributed by atoms with E-state index in [1.807, 2.05) is 31.2 Å². The molecule has 1 N–H and O–H groups in total. The molecule has 1 aromatic carbocycles. The number of hydrogen-bond acceptors (Lipinski definition) is 3. The van der Waals surface area contributed by atoms with Crippen molar-refractivity contribution in [3.8, 4) is 5.75 Å². The maximum Gasteiger partial charge on any atom is 0.242 e. The summed E-state index contributed by atoms with van der Waals surface area (Å²) in [5.74, 6) is 0.557. The van der Waals surface area contributed by atoms with Gasteiger partial charge < -0.3 is 15.0 Å². The van der Waals surface area contributed by atoms with Gasteiger partial charge in [0.15, 0.2) is 0 Å². The third-order valence-electron chi connectivity index (χ3n) is 3.36. The predicted molar refractivity (Wildman–Crippen MR) is 82.0 cm³/mol. The van der Waals surface area contributed by atoms with Crippen LogP contribution in [0.2, 0.25) is 0 Å². The molecule has 2 amide bonds. The zero-order valence-electron chi connectivity index (χ0n) is 13.2. The van der Waals surface area contributed by atoms with E-state index in [0.29, 0.717) is 13.0 Å². The Hall–Kier alpha value is -2.04. The summed E-state index contributed by atoms with van der Waals surface area (Å²) in [4.78, 5) is 25.7. The summed E-state index contributed by atoms with van der Waals surface area (Å²) in [6, 6.07) is 7.03. The number of amides is 2. The molecule has 21 heavy (non-hydrogen) atoms. The highest BCUT2D eigenvalue weighted by atomic mass is 16.5. The van der Waals surface area contributed by atoms with Crippen molar-refractivity contribution in [1.82, 2.24) is 10.2 Å². The van der Waals surface area contributed by atoms with Crippen LogP contribution in [0.1, 0.15) is 32.3 Å². The Balaban J connectivity index is 2.95. The summed E-state index contributed by atoms with van der Waals surface area (Å²) in [6.07, 6.45) is 1.19. The van der Waals surface area contributed by atoms with Crippen molar-refractivity contribution in [2.24, 2.45) is 0 Å². The zero-order chi connectivity index (χ0) is 15.8. The molecule has 1 aromatic rings. The summed E-state index contributed by atoms with van der Waals surface area (Å²) in [5.41, 5.74) is 0.939. The molecule has 5 heteroatoms. The molecule has 0 saturated carbocycles. The van der Waals surface area contributed by atoms with Gasteiger partial charge in [-0.25, -0.2) is 0 Å². The summed E-state index contributed by atoms with van der Waals surface area (Å²) in [7, 11) is 3.18. The van der Waals surface area contributed by atoms with Crippen LogP contribution in [-0.2, 0) is 16.1 Å². The van der Waals surface area contributed by atoms with E-state index in [1.165, 1.54) is 0 Å². The van der Waals surface area contributed by atoms with Crippen LogP contribution in [0.3, 0.4) is 0 Å². The fraction of sp³-hybridized carbons (Fsp3) is 0.500. The standard InChI is InChI=1S/C16H24N2O3/c1-5-7-15(19)18(12(2)16(20)17-3)11-13-8-6-9-14(10-13)21-4/h6,8-10,12H,5,7,11H2,1-4H3,(H,17,20)/t12-/m1/s1. The lowest BCUT2D eigenvalue weighted by Crippen LogP contribution is -2.46. The summed E-state index contributed by atoms with van der Waals surface area (Å²) in [6.45, 7) is 4.09. The molecule has 0 aliphatic heterocycles. The average molecular weight is 292 g/mol. The molecule has 1 rings (SSSR count). The Labute approximate surface area is 126 Å². The maximum absolute atomic E-state index is 12.3. The molecule has 0 fully saturated rings. The molecular weight excluding hydrogens is 268 g/mol. The van der Waals surface area contributed by atoms with Gasteiger partial charge in [0.1, 0.15) is 11.8 Å². The van der Waals surface area contributed by atoms with Crippen LogP contribution in [0.5, 0.6) is 5.75 Å². The second kappa shape index (κ2) is 8.29. The Kier molecular flexibility index (Phi) is 6.72. The zero-order valence-corrected chi connectivity index (χ0v) is 13.2. The molecule has 0 saturated heterocycles. The highest BCUT2D eigenvalue weighted by Gasteiger charge is 2.24. The molecule has 0 heterocycles. The molecule has 116 valence electrons. The molecule has 0 aromatic heterocycles. The van der Waals surface area contributed by atoms with Crippen molar-refractivity contribution in [2.75, 3.05) is 14.2 Å². The molecule has 0 unspecified atom stereocenters. The van der Waals surface area contributed by atoms with Gasteiger partial charge in [-0.2, -0.15) is 0 Å². The van der Waals surface area contributed by atoms with E-state index in [9.17, 15) is 9.59 Å². The van der Waals surface area contributed by atoms with E-state index < -0.39 is 6.04 Å². The number of rotatable bonds is 7. The first-order valence-electron chi connectivity index (χ1n) is 7.17. The van der Waals surface area contributed by atoms with E-state index in [2.05, 4.69) is 5.32 Å². The molecule has 0 spiro atoms. The second-order valence-electron chi connectivity index (χ2n) is 4.91. The van der Waals surface area contributed by atoms with Crippen LogP contribution in [0.25, 0.3) is 0 Å². The number of nitrogens with one attached hydrogen (secondary N) is 1. The molecule has 0 aliphatic carbocycles. The molecular formula is C16H24N2O3. The molecule has 0 aliphatic rings. The number of ether oxygens (including phenoxy) is 1. The second-order valence-corrected chi connectivity index (χ2v) is 4.91. The van der Waals surface area contributed by atoms with E-state index in [-0.39, 0.29) is 11.8 Å². The van der Waals surface area contributed by atoms with E-state index >= 15 is 0 Å². The van der Waals surface area contributed by atoms with Gasteiger partial charge in [0.2, 0.25) is 11.8 Å². The Morgan fingerprint density at radius 2 is 2.10 bits per heavy atom. The van der Waals surface area contributed by atoms with Gasteiger partial charge >= 0.3 is 0 Å². The Morgan fingerprint density at radius 3 is 2.67 bits per heavy atom. The van der Waals surface area contributed by atoms with E-state index in [4.69, 9.17) is 4.74 Å². The number of benzene rings is 1. The normalized spacial score (nSPS) is 11.6. The lowest BCUT2D eigenvalue weighted by atomic mass is 10.1. The minimum absolute atomic E-state index is 0.0172. The largest absolute Gasteiger partial charge is 0.497 e. The topological polar surface area (TPSA) is 58.6 Å². The first kappa shape index (κ1) is 17.0. The monoisotopic (exact) mass is 292 g/mol. The molecule has 1 atom stereocenters. The summed E-state index contributed by atoms with van der Waals surface area (Å²) >= 11 is 0. The van der Waals surface area contributed by atoms with Crippen molar-refractivity contribution >= 4 is 11.8 Å². The van der Waals surface area contributed by atoms with Crippen molar-refractivity contribution in [1.29, 1.82) is 0 Å².